The molecule has 0 saturated heterocycles. The molecule has 4 rings (SSSR count). The smallest absolute Gasteiger partial charge is 0.347 e. The van der Waals surface area contributed by atoms with Gasteiger partial charge in [0.2, 0.25) is 10.0 Å². The van der Waals surface area contributed by atoms with Crippen molar-refractivity contribution in [3.8, 4) is 11.1 Å². The number of aromatic nitrogens is 1. The lowest BCUT2D eigenvalue weighted by Gasteiger charge is -2.13. The van der Waals surface area contributed by atoms with Crippen molar-refractivity contribution in [2.24, 2.45) is 5.92 Å². The third-order valence-corrected chi connectivity index (χ3v) is 8.17. The van der Waals surface area contributed by atoms with Gasteiger partial charge in [0, 0.05) is 35.8 Å². The average molecular weight is 499 g/mol. The molecule has 1 aliphatic rings. The van der Waals surface area contributed by atoms with Crippen LogP contribution in [-0.2, 0) is 29.2 Å². The number of rotatable bonds is 8. The van der Waals surface area contributed by atoms with Crippen molar-refractivity contribution in [2.45, 2.75) is 51.1 Å². The van der Waals surface area contributed by atoms with Crippen LogP contribution in [0.2, 0.25) is 5.02 Å². The number of benzene rings is 2. The Balaban J connectivity index is 1.69. The number of halogens is 4. The Morgan fingerprint density at radius 2 is 1.91 bits per heavy atom. The van der Waals surface area contributed by atoms with Gasteiger partial charge in [-0.2, -0.15) is 13.2 Å². The summed E-state index contributed by atoms with van der Waals surface area (Å²) in [5.41, 5.74) is 1.94. The fourth-order valence-corrected chi connectivity index (χ4v) is 5.80. The van der Waals surface area contributed by atoms with E-state index in [-0.39, 0.29) is 10.3 Å². The highest BCUT2D eigenvalue weighted by atomic mass is 35.5. The molecule has 1 heterocycles. The van der Waals surface area contributed by atoms with Crippen molar-refractivity contribution >= 4 is 32.5 Å². The van der Waals surface area contributed by atoms with Crippen LogP contribution in [0.1, 0.15) is 37.8 Å². The Hall–Kier alpha value is -2.03. The third-order valence-electron chi connectivity index (χ3n) is 5.80. The molecule has 0 bridgehead atoms. The lowest BCUT2D eigenvalue weighted by Crippen LogP contribution is -2.29. The van der Waals surface area contributed by atoms with Crippen LogP contribution in [0.4, 0.5) is 13.2 Å². The second-order valence-corrected chi connectivity index (χ2v) is 11.4. The normalized spacial score (nSPS) is 15.0. The van der Waals surface area contributed by atoms with E-state index in [9.17, 15) is 21.6 Å². The first-order valence-electron chi connectivity index (χ1n) is 10.9. The van der Waals surface area contributed by atoms with Gasteiger partial charge in [-0.25, -0.2) is 13.1 Å². The van der Waals surface area contributed by atoms with Gasteiger partial charge < -0.3 is 4.57 Å². The van der Waals surface area contributed by atoms with Crippen LogP contribution in [0.3, 0.4) is 0 Å². The molecule has 0 spiro atoms. The molecule has 0 atom stereocenters. The molecule has 0 unspecified atom stereocenters. The zero-order valence-electron chi connectivity index (χ0n) is 18.4. The lowest BCUT2D eigenvalue weighted by molar-refractivity contribution is -0.137. The molecular formula is C24H26ClF3N2O2S. The maximum Gasteiger partial charge on any atom is 0.417 e. The Labute approximate surface area is 196 Å². The van der Waals surface area contributed by atoms with E-state index in [0.29, 0.717) is 42.9 Å². The zero-order chi connectivity index (χ0) is 24.0. The second-order valence-electron chi connectivity index (χ2n) is 8.99. The molecule has 178 valence electrons. The van der Waals surface area contributed by atoms with Crippen molar-refractivity contribution in [3.05, 3.63) is 58.7 Å². The highest BCUT2D eigenvalue weighted by molar-refractivity contribution is 7.90. The van der Waals surface area contributed by atoms with E-state index < -0.39 is 21.8 Å². The van der Waals surface area contributed by atoms with Crippen molar-refractivity contribution in [1.29, 1.82) is 0 Å². The van der Waals surface area contributed by atoms with E-state index >= 15 is 0 Å². The van der Waals surface area contributed by atoms with Crippen LogP contribution in [0.25, 0.3) is 22.0 Å². The molecule has 0 radical (unpaired) electrons. The SMILES string of the molecule is CC(C)Cn1cc(CCNS(=O)(=O)C2CC2)c2ccc(-c3cccc(C(F)(F)F)c3Cl)cc21. The molecule has 1 N–H and O–H groups in total. The molecule has 0 amide bonds. The Morgan fingerprint density at radius 3 is 2.55 bits per heavy atom. The lowest BCUT2D eigenvalue weighted by atomic mass is 10.0. The summed E-state index contributed by atoms with van der Waals surface area (Å²) in [5, 5.41) is 0.369. The van der Waals surface area contributed by atoms with Crippen LogP contribution in [0.15, 0.2) is 42.6 Å². The minimum atomic E-state index is -4.53. The van der Waals surface area contributed by atoms with Gasteiger partial charge in [-0.1, -0.05) is 49.7 Å². The fourth-order valence-electron chi connectivity index (χ4n) is 4.08. The molecule has 0 aliphatic heterocycles. The summed E-state index contributed by atoms with van der Waals surface area (Å²) in [7, 11) is -3.25. The predicted molar refractivity (Wildman–Crippen MR) is 126 cm³/mol. The van der Waals surface area contributed by atoms with E-state index in [0.717, 1.165) is 29.1 Å². The van der Waals surface area contributed by atoms with Crippen LogP contribution in [0.5, 0.6) is 0 Å². The summed E-state index contributed by atoms with van der Waals surface area (Å²) >= 11 is 6.16. The molecule has 2 aromatic carbocycles. The number of nitrogens with zero attached hydrogens (tertiary/aromatic N) is 1. The minimum Gasteiger partial charge on any atom is -0.347 e. The number of alkyl halides is 3. The van der Waals surface area contributed by atoms with Crippen molar-refractivity contribution in [2.75, 3.05) is 6.54 Å². The predicted octanol–water partition coefficient (Wildman–Crippen LogP) is 6.26. The van der Waals surface area contributed by atoms with Crippen molar-refractivity contribution in [1.82, 2.24) is 9.29 Å². The van der Waals surface area contributed by atoms with Gasteiger partial charge in [-0.3, -0.25) is 0 Å². The van der Waals surface area contributed by atoms with E-state index in [2.05, 4.69) is 23.1 Å². The topological polar surface area (TPSA) is 51.1 Å². The highest BCUT2D eigenvalue weighted by Gasteiger charge is 2.35. The molecule has 4 nitrogen and oxygen atoms in total. The standard InChI is InChI=1S/C24H26ClF3N2O2S/c1-15(2)13-30-14-17(10-11-29-33(31,32)18-7-8-18)19-9-6-16(12-22(19)30)20-4-3-5-21(23(20)25)24(26,27)28/h3-6,9,12,14-15,18,29H,7-8,10-11,13H2,1-2H3. The number of nitrogens with one attached hydrogen (secondary N) is 1. The van der Waals surface area contributed by atoms with E-state index in [4.69, 9.17) is 11.6 Å². The zero-order valence-corrected chi connectivity index (χ0v) is 20.0. The summed E-state index contributed by atoms with van der Waals surface area (Å²) < 4.78 is 69.0. The average Bonchev–Trinajstić information content (AvgIpc) is 3.53. The minimum absolute atomic E-state index is 0.264. The van der Waals surface area contributed by atoms with Gasteiger partial charge in [0.05, 0.1) is 15.8 Å². The number of sulfonamides is 1. The van der Waals surface area contributed by atoms with Gasteiger partial charge >= 0.3 is 6.18 Å². The molecular weight excluding hydrogens is 473 g/mol. The largest absolute Gasteiger partial charge is 0.417 e. The molecule has 33 heavy (non-hydrogen) atoms. The van der Waals surface area contributed by atoms with Crippen LogP contribution in [-0.4, -0.2) is 24.8 Å². The number of hydrogen-bond donors (Lipinski definition) is 1. The molecule has 9 heteroatoms. The van der Waals surface area contributed by atoms with Crippen LogP contribution >= 0.6 is 11.6 Å². The van der Waals surface area contributed by atoms with Gasteiger partial charge in [0.25, 0.3) is 0 Å². The van der Waals surface area contributed by atoms with Crippen LogP contribution in [0, 0.1) is 5.92 Å². The van der Waals surface area contributed by atoms with Gasteiger partial charge in [0.1, 0.15) is 0 Å². The third kappa shape index (κ3) is 5.23. The van der Waals surface area contributed by atoms with Crippen molar-refractivity contribution < 1.29 is 21.6 Å². The monoisotopic (exact) mass is 498 g/mol. The van der Waals surface area contributed by atoms with Gasteiger partial charge in [-0.15, -0.1) is 0 Å². The first-order chi connectivity index (χ1) is 15.5. The molecule has 1 saturated carbocycles. The number of hydrogen-bond acceptors (Lipinski definition) is 2. The van der Waals surface area contributed by atoms with E-state index in [1.165, 1.54) is 6.07 Å². The first kappa shape index (κ1) is 24.1. The molecule has 3 aromatic rings. The van der Waals surface area contributed by atoms with E-state index in [1.807, 2.05) is 18.3 Å². The summed E-state index contributed by atoms with van der Waals surface area (Å²) in [5.74, 6) is 0.350. The van der Waals surface area contributed by atoms with Gasteiger partial charge in [0.15, 0.2) is 0 Å². The Kier molecular flexibility index (Phi) is 6.55. The maximum atomic E-state index is 13.3. The molecule has 1 aliphatic carbocycles. The Morgan fingerprint density at radius 1 is 1.18 bits per heavy atom. The summed E-state index contributed by atoms with van der Waals surface area (Å²) in [6.45, 7) is 5.20. The van der Waals surface area contributed by atoms with E-state index in [1.54, 1.807) is 12.1 Å². The summed E-state index contributed by atoms with van der Waals surface area (Å²) in [6.07, 6.45) is -0.575. The summed E-state index contributed by atoms with van der Waals surface area (Å²) in [4.78, 5) is 0. The first-order valence-corrected chi connectivity index (χ1v) is 12.9. The fraction of sp³-hybridized carbons (Fsp3) is 0.417. The van der Waals surface area contributed by atoms with Crippen LogP contribution < -0.4 is 4.72 Å². The molecule has 1 fully saturated rings. The Bertz CT molecular complexity index is 1280. The van der Waals surface area contributed by atoms with Gasteiger partial charge in [-0.05, 0) is 48.4 Å². The quantitative estimate of drug-likeness (QED) is 0.398. The maximum absolute atomic E-state index is 13.3. The van der Waals surface area contributed by atoms with Crippen molar-refractivity contribution in [3.63, 3.8) is 0 Å². The number of fused-ring (bicyclic) bond motifs is 1. The summed E-state index contributed by atoms with van der Waals surface area (Å²) in [6, 6.07) is 9.43. The molecule has 1 aromatic heterocycles. The highest BCUT2D eigenvalue weighted by Crippen LogP contribution is 2.40. The second kappa shape index (κ2) is 8.96.